The van der Waals surface area contributed by atoms with Crippen LogP contribution < -0.4 is 5.56 Å². The number of fused-ring (bicyclic) bond motifs is 2. The lowest BCUT2D eigenvalue weighted by atomic mass is 10.1. The zero-order valence-electron chi connectivity index (χ0n) is 15.8. The molecule has 0 N–H and O–H groups in total. The summed E-state index contributed by atoms with van der Waals surface area (Å²) in [6.45, 7) is 3.83. The van der Waals surface area contributed by atoms with Crippen molar-refractivity contribution in [2.24, 2.45) is 0 Å². The van der Waals surface area contributed by atoms with E-state index in [4.69, 9.17) is 5.10 Å². The first-order valence-electron chi connectivity index (χ1n) is 10.2. The standard InChI is InChI=1S/C20H27N5OS/c26-20-10-15-14-27-9-6-18(15)22-25(20)13-17-4-3-7-23(17)12-16-11-21-24-8-2-1-5-19(16)24/h10-11,17H,1-9,12-14H2. The Morgan fingerprint density at radius 3 is 3.11 bits per heavy atom. The number of likely N-dealkylation sites (tertiary alicyclic amines) is 1. The normalized spacial score (nSPS) is 22.6. The predicted molar refractivity (Wildman–Crippen MR) is 107 cm³/mol. The molecule has 5 heterocycles. The van der Waals surface area contributed by atoms with Crippen LogP contribution in [0.15, 0.2) is 17.1 Å². The van der Waals surface area contributed by atoms with Crippen LogP contribution >= 0.6 is 11.8 Å². The van der Waals surface area contributed by atoms with Crippen LogP contribution in [0, 0.1) is 0 Å². The monoisotopic (exact) mass is 385 g/mol. The molecule has 0 spiro atoms. The summed E-state index contributed by atoms with van der Waals surface area (Å²) in [4.78, 5) is 15.1. The van der Waals surface area contributed by atoms with E-state index in [1.165, 1.54) is 30.5 Å². The number of hydrogen-bond acceptors (Lipinski definition) is 5. The summed E-state index contributed by atoms with van der Waals surface area (Å²) in [6, 6.07) is 2.22. The fraction of sp³-hybridized carbons (Fsp3) is 0.650. The fourth-order valence-corrected chi connectivity index (χ4v) is 5.68. The van der Waals surface area contributed by atoms with Gasteiger partial charge < -0.3 is 0 Å². The molecule has 0 radical (unpaired) electrons. The second-order valence-electron chi connectivity index (χ2n) is 8.00. The summed E-state index contributed by atoms with van der Waals surface area (Å²) in [5.41, 5.74) is 5.13. The van der Waals surface area contributed by atoms with Gasteiger partial charge in [-0.3, -0.25) is 14.4 Å². The second-order valence-corrected chi connectivity index (χ2v) is 9.11. The Morgan fingerprint density at radius 1 is 1.19 bits per heavy atom. The molecule has 5 rings (SSSR count). The van der Waals surface area contributed by atoms with Gasteiger partial charge in [0.2, 0.25) is 0 Å². The van der Waals surface area contributed by atoms with Crippen LogP contribution in [0.4, 0.5) is 0 Å². The van der Waals surface area contributed by atoms with Crippen LogP contribution in [-0.4, -0.2) is 42.8 Å². The Balaban J connectivity index is 1.33. The first kappa shape index (κ1) is 17.5. The number of aryl methyl sites for hydroxylation is 2. The molecule has 3 aliphatic rings. The van der Waals surface area contributed by atoms with Crippen LogP contribution in [0.3, 0.4) is 0 Å². The third-order valence-corrected chi connectivity index (χ3v) is 7.24. The van der Waals surface area contributed by atoms with Crippen molar-refractivity contribution >= 4 is 11.8 Å². The van der Waals surface area contributed by atoms with E-state index in [2.05, 4.69) is 20.9 Å². The molecule has 144 valence electrons. The van der Waals surface area contributed by atoms with Crippen molar-refractivity contribution in [1.82, 2.24) is 24.5 Å². The highest BCUT2D eigenvalue weighted by Gasteiger charge is 2.28. The maximum absolute atomic E-state index is 12.6. The lowest BCUT2D eigenvalue weighted by Gasteiger charge is -2.26. The minimum absolute atomic E-state index is 0.0611. The van der Waals surface area contributed by atoms with Crippen LogP contribution in [0.1, 0.15) is 48.2 Å². The topological polar surface area (TPSA) is 56.0 Å². The first-order valence-corrected chi connectivity index (χ1v) is 11.4. The molecular weight excluding hydrogens is 358 g/mol. The average molecular weight is 386 g/mol. The van der Waals surface area contributed by atoms with Gasteiger partial charge in [0, 0.05) is 48.6 Å². The summed E-state index contributed by atoms with van der Waals surface area (Å²) < 4.78 is 3.92. The summed E-state index contributed by atoms with van der Waals surface area (Å²) >= 11 is 1.89. The minimum atomic E-state index is 0.0611. The van der Waals surface area contributed by atoms with E-state index in [9.17, 15) is 4.79 Å². The van der Waals surface area contributed by atoms with Crippen molar-refractivity contribution in [3.05, 3.63) is 45.1 Å². The van der Waals surface area contributed by atoms with E-state index in [1.54, 1.807) is 4.68 Å². The number of rotatable bonds is 4. The quantitative estimate of drug-likeness (QED) is 0.808. The van der Waals surface area contributed by atoms with Gasteiger partial charge in [0.1, 0.15) is 0 Å². The zero-order valence-corrected chi connectivity index (χ0v) is 16.6. The van der Waals surface area contributed by atoms with Gasteiger partial charge in [-0.05, 0) is 50.0 Å². The summed E-state index contributed by atoms with van der Waals surface area (Å²) in [7, 11) is 0. The molecule has 1 unspecified atom stereocenters. The second kappa shape index (κ2) is 7.43. The molecular formula is C20H27N5OS. The largest absolute Gasteiger partial charge is 0.294 e. The molecule has 0 aromatic carbocycles. The van der Waals surface area contributed by atoms with Gasteiger partial charge in [0.15, 0.2) is 0 Å². The number of aromatic nitrogens is 4. The summed E-state index contributed by atoms with van der Waals surface area (Å²) in [6.07, 6.45) is 9.06. The molecule has 3 aliphatic heterocycles. The van der Waals surface area contributed by atoms with Gasteiger partial charge in [0.05, 0.1) is 18.4 Å². The summed E-state index contributed by atoms with van der Waals surface area (Å²) in [5, 5.41) is 9.32. The van der Waals surface area contributed by atoms with Crippen molar-refractivity contribution in [1.29, 1.82) is 0 Å². The molecule has 1 atom stereocenters. The SMILES string of the molecule is O=c1cc2c(nn1CC1CCCN1Cc1cnn3c1CCCC3)CCSC2. The Morgan fingerprint density at radius 2 is 2.15 bits per heavy atom. The highest BCUT2D eigenvalue weighted by Crippen LogP contribution is 2.25. The summed E-state index contributed by atoms with van der Waals surface area (Å²) in [5.74, 6) is 2.04. The zero-order chi connectivity index (χ0) is 18.2. The smallest absolute Gasteiger partial charge is 0.267 e. The van der Waals surface area contributed by atoms with Gasteiger partial charge >= 0.3 is 0 Å². The van der Waals surface area contributed by atoms with E-state index in [0.29, 0.717) is 12.6 Å². The Hall–Kier alpha value is -1.60. The maximum Gasteiger partial charge on any atom is 0.267 e. The first-order chi connectivity index (χ1) is 13.3. The molecule has 0 bridgehead atoms. The molecule has 0 saturated carbocycles. The number of thioether (sulfide) groups is 1. The molecule has 0 amide bonds. The van der Waals surface area contributed by atoms with E-state index in [0.717, 1.165) is 61.7 Å². The third-order valence-electron chi connectivity index (χ3n) is 6.23. The highest BCUT2D eigenvalue weighted by atomic mass is 32.2. The lowest BCUT2D eigenvalue weighted by molar-refractivity contribution is 0.215. The lowest BCUT2D eigenvalue weighted by Crippen LogP contribution is -2.37. The van der Waals surface area contributed by atoms with Crippen molar-refractivity contribution in [2.75, 3.05) is 12.3 Å². The molecule has 6 nitrogen and oxygen atoms in total. The van der Waals surface area contributed by atoms with Crippen LogP contribution in [-0.2, 0) is 38.2 Å². The van der Waals surface area contributed by atoms with Crippen molar-refractivity contribution in [2.45, 2.75) is 70.0 Å². The van der Waals surface area contributed by atoms with Gasteiger partial charge in [-0.25, -0.2) is 4.68 Å². The van der Waals surface area contributed by atoms with E-state index in [-0.39, 0.29) is 5.56 Å². The number of hydrogen-bond donors (Lipinski definition) is 0. The Bertz CT molecular complexity index is 889. The molecule has 2 aromatic heterocycles. The van der Waals surface area contributed by atoms with Crippen molar-refractivity contribution < 1.29 is 0 Å². The van der Waals surface area contributed by atoms with E-state index >= 15 is 0 Å². The molecule has 1 saturated heterocycles. The van der Waals surface area contributed by atoms with Gasteiger partial charge in [-0.2, -0.15) is 22.0 Å². The maximum atomic E-state index is 12.6. The molecule has 2 aromatic rings. The van der Waals surface area contributed by atoms with E-state index < -0.39 is 0 Å². The van der Waals surface area contributed by atoms with Crippen LogP contribution in [0.5, 0.6) is 0 Å². The van der Waals surface area contributed by atoms with Gasteiger partial charge in [-0.1, -0.05) is 0 Å². The van der Waals surface area contributed by atoms with Crippen molar-refractivity contribution in [3.63, 3.8) is 0 Å². The number of nitrogens with zero attached hydrogens (tertiary/aromatic N) is 5. The van der Waals surface area contributed by atoms with Crippen molar-refractivity contribution in [3.8, 4) is 0 Å². The van der Waals surface area contributed by atoms with Gasteiger partial charge in [-0.15, -0.1) is 0 Å². The third kappa shape index (κ3) is 3.47. The minimum Gasteiger partial charge on any atom is -0.294 e. The Labute approximate surface area is 163 Å². The van der Waals surface area contributed by atoms with Gasteiger partial charge in [0.25, 0.3) is 5.56 Å². The Kier molecular flexibility index (Phi) is 4.82. The van der Waals surface area contributed by atoms with Crippen LogP contribution in [0.2, 0.25) is 0 Å². The van der Waals surface area contributed by atoms with E-state index in [1.807, 2.05) is 17.8 Å². The molecule has 1 fully saturated rings. The average Bonchev–Trinajstić information content (AvgIpc) is 3.30. The molecule has 27 heavy (non-hydrogen) atoms. The molecule has 7 heteroatoms. The fourth-order valence-electron chi connectivity index (χ4n) is 4.73. The predicted octanol–water partition coefficient (Wildman–Crippen LogP) is 2.23. The van der Waals surface area contributed by atoms with Crippen LogP contribution in [0.25, 0.3) is 0 Å². The highest BCUT2D eigenvalue weighted by molar-refractivity contribution is 7.98. The molecule has 0 aliphatic carbocycles.